The van der Waals surface area contributed by atoms with Gasteiger partial charge < -0.3 is 16.0 Å². The summed E-state index contributed by atoms with van der Waals surface area (Å²) in [5, 5.41) is 9.07. The van der Waals surface area contributed by atoms with Gasteiger partial charge in [0.05, 0.1) is 10.6 Å². The molecule has 1 unspecified atom stereocenters. The van der Waals surface area contributed by atoms with Crippen LogP contribution in [-0.2, 0) is 0 Å². The fourth-order valence-corrected chi connectivity index (χ4v) is 3.50. The quantitative estimate of drug-likeness (QED) is 0.545. The second-order valence-electron chi connectivity index (χ2n) is 7.78. The highest BCUT2D eigenvalue weighted by molar-refractivity contribution is 6.34. The lowest BCUT2D eigenvalue weighted by molar-refractivity contribution is 0.0951. The number of hydrogen-bond acceptors (Lipinski definition) is 3. The summed E-state index contributed by atoms with van der Waals surface area (Å²) < 4.78 is 0. The van der Waals surface area contributed by atoms with Gasteiger partial charge in [-0.05, 0) is 56.5 Å². The van der Waals surface area contributed by atoms with Gasteiger partial charge in [0.15, 0.2) is 0 Å². The lowest BCUT2D eigenvalue weighted by Gasteiger charge is -2.31. The van der Waals surface area contributed by atoms with Crippen molar-refractivity contribution in [1.82, 2.24) is 15.5 Å². The number of hydrogen-bond donors (Lipinski definition) is 3. The minimum absolute atomic E-state index is 0.199. The molecule has 0 heterocycles. The maximum Gasteiger partial charge on any atom is 0.319 e. The standard InChI is InChI=1S/C21H33ClN4O2/c1-5-26(6-2)17(11-14(3)4)13-23-21(28)25-16-9-10-19(22)18(12-16)20(27)24-15-7-8-15/h9-10,12,14-15,17H,5-8,11,13H2,1-4H3,(H,24,27)(H2,23,25,28). The summed E-state index contributed by atoms with van der Waals surface area (Å²) in [6.45, 7) is 11.1. The van der Waals surface area contributed by atoms with Crippen molar-refractivity contribution in [2.45, 2.75) is 59.0 Å². The van der Waals surface area contributed by atoms with E-state index in [2.05, 4.69) is 48.5 Å². The summed E-state index contributed by atoms with van der Waals surface area (Å²) in [7, 11) is 0. The molecule has 0 radical (unpaired) electrons. The van der Waals surface area contributed by atoms with Gasteiger partial charge in [-0.3, -0.25) is 9.69 Å². The van der Waals surface area contributed by atoms with Crippen molar-refractivity contribution in [3.63, 3.8) is 0 Å². The van der Waals surface area contributed by atoms with Crippen LogP contribution in [0.1, 0.15) is 57.3 Å². The first kappa shape index (κ1) is 22.5. The molecule has 1 aliphatic rings. The van der Waals surface area contributed by atoms with Crippen molar-refractivity contribution < 1.29 is 9.59 Å². The number of carbonyl (C=O) groups is 2. The molecule has 1 atom stereocenters. The molecular formula is C21H33ClN4O2. The van der Waals surface area contributed by atoms with Crippen LogP contribution in [0.15, 0.2) is 18.2 Å². The summed E-state index contributed by atoms with van der Waals surface area (Å²) in [5.74, 6) is 0.356. The van der Waals surface area contributed by atoms with Crippen LogP contribution in [0.5, 0.6) is 0 Å². The highest BCUT2D eigenvalue weighted by Gasteiger charge is 2.25. The lowest BCUT2D eigenvalue weighted by Crippen LogP contribution is -2.45. The first-order valence-electron chi connectivity index (χ1n) is 10.2. The number of carbonyl (C=O) groups excluding carboxylic acids is 2. The number of benzene rings is 1. The Morgan fingerprint density at radius 2 is 1.89 bits per heavy atom. The molecule has 1 saturated carbocycles. The number of nitrogens with one attached hydrogen (secondary N) is 3. The van der Waals surface area contributed by atoms with Gasteiger partial charge in [0, 0.05) is 24.3 Å². The van der Waals surface area contributed by atoms with Crippen LogP contribution in [0, 0.1) is 5.92 Å². The third-order valence-corrected chi connectivity index (χ3v) is 5.28. The second-order valence-corrected chi connectivity index (χ2v) is 8.19. The fraction of sp³-hybridized carbons (Fsp3) is 0.619. The molecule has 0 aliphatic heterocycles. The second kappa shape index (κ2) is 10.7. The van der Waals surface area contributed by atoms with Gasteiger partial charge in [0.1, 0.15) is 0 Å². The van der Waals surface area contributed by atoms with E-state index in [9.17, 15) is 9.59 Å². The molecule has 1 fully saturated rings. The van der Waals surface area contributed by atoms with E-state index in [0.29, 0.717) is 34.8 Å². The molecular weight excluding hydrogens is 376 g/mol. The number of likely N-dealkylation sites (N-methyl/N-ethyl adjacent to an activating group) is 1. The Morgan fingerprint density at radius 3 is 2.46 bits per heavy atom. The van der Waals surface area contributed by atoms with Gasteiger partial charge in [-0.25, -0.2) is 4.79 Å². The van der Waals surface area contributed by atoms with E-state index in [1.807, 2.05) is 0 Å². The highest BCUT2D eigenvalue weighted by atomic mass is 35.5. The van der Waals surface area contributed by atoms with Crippen LogP contribution in [0.2, 0.25) is 5.02 Å². The number of nitrogens with zero attached hydrogens (tertiary/aromatic N) is 1. The van der Waals surface area contributed by atoms with Crippen molar-refractivity contribution >= 4 is 29.2 Å². The third-order valence-electron chi connectivity index (χ3n) is 4.95. The van der Waals surface area contributed by atoms with E-state index in [1.54, 1.807) is 18.2 Å². The predicted molar refractivity (Wildman–Crippen MR) is 115 cm³/mol. The van der Waals surface area contributed by atoms with Gasteiger partial charge in [-0.2, -0.15) is 0 Å². The number of halogens is 1. The summed E-state index contributed by atoms with van der Waals surface area (Å²) in [6, 6.07) is 5.22. The van der Waals surface area contributed by atoms with Crippen LogP contribution in [0.4, 0.5) is 10.5 Å². The molecule has 1 aromatic carbocycles. The molecule has 1 aliphatic carbocycles. The SMILES string of the molecule is CCN(CC)C(CNC(=O)Nc1ccc(Cl)c(C(=O)NC2CC2)c1)CC(C)C. The molecule has 1 aromatic rings. The fourth-order valence-electron chi connectivity index (χ4n) is 3.30. The van der Waals surface area contributed by atoms with Crippen molar-refractivity contribution in [3.05, 3.63) is 28.8 Å². The van der Waals surface area contributed by atoms with Crippen molar-refractivity contribution in [2.24, 2.45) is 5.92 Å². The third kappa shape index (κ3) is 6.99. The first-order chi connectivity index (χ1) is 13.3. The number of urea groups is 1. The highest BCUT2D eigenvalue weighted by Crippen LogP contribution is 2.24. The van der Waals surface area contributed by atoms with E-state index in [4.69, 9.17) is 11.6 Å². The zero-order valence-corrected chi connectivity index (χ0v) is 18.1. The maximum atomic E-state index is 12.4. The van der Waals surface area contributed by atoms with E-state index < -0.39 is 0 Å². The molecule has 0 bridgehead atoms. The minimum Gasteiger partial charge on any atom is -0.349 e. The molecule has 0 saturated heterocycles. The van der Waals surface area contributed by atoms with Crippen LogP contribution in [0.25, 0.3) is 0 Å². The van der Waals surface area contributed by atoms with Crippen molar-refractivity contribution in [2.75, 3.05) is 25.0 Å². The van der Waals surface area contributed by atoms with Crippen LogP contribution in [0.3, 0.4) is 0 Å². The zero-order chi connectivity index (χ0) is 20.7. The number of rotatable bonds is 10. The monoisotopic (exact) mass is 408 g/mol. The summed E-state index contributed by atoms with van der Waals surface area (Å²) >= 11 is 6.15. The van der Waals surface area contributed by atoms with Gasteiger partial charge in [0.25, 0.3) is 5.91 Å². The Balaban J connectivity index is 1.94. The normalized spacial score (nSPS) is 14.8. The van der Waals surface area contributed by atoms with Gasteiger partial charge in [-0.1, -0.05) is 39.3 Å². The van der Waals surface area contributed by atoms with Crippen LogP contribution < -0.4 is 16.0 Å². The first-order valence-corrected chi connectivity index (χ1v) is 10.6. The smallest absolute Gasteiger partial charge is 0.319 e. The Labute approximate surface area is 173 Å². The Hall–Kier alpha value is -1.79. The number of amides is 3. The van der Waals surface area contributed by atoms with Gasteiger partial charge in [-0.15, -0.1) is 0 Å². The molecule has 3 amide bonds. The zero-order valence-electron chi connectivity index (χ0n) is 17.3. The van der Waals surface area contributed by atoms with Crippen LogP contribution in [-0.4, -0.2) is 48.6 Å². The van der Waals surface area contributed by atoms with Gasteiger partial charge in [0.2, 0.25) is 0 Å². The molecule has 156 valence electrons. The van der Waals surface area contributed by atoms with Crippen molar-refractivity contribution in [1.29, 1.82) is 0 Å². The molecule has 0 aromatic heterocycles. The molecule has 2 rings (SSSR count). The predicted octanol–water partition coefficient (Wildman–Crippen LogP) is 4.11. The molecule has 28 heavy (non-hydrogen) atoms. The molecule has 7 heteroatoms. The largest absolute Gasteiger partial charge is 0.349 e. The Kier molecular flexibility index (Phi) is 8.58. The van der Waals surface area contributed by atoms with E-state index in [-0.39, 0.29) is 18.0 Å². The van der Waals surface area contributed by atoms with E-state index >= 15 is 0 Å². The number of anilines is 1. The maximum absolute atomic E-state index is 12.4. The van der Waals surface area contributed by atoms with Gasteiger partial charge >= 0.3 is 6.03 Å². The molecule has 6 nitrogen and oxygen atoms in total. The lowest BCUT2D eigenvalue weighted by atomic mass is 10.0. The average Bonchev–Trinajstić information content (AvgIpc) is 3.45. The van der Waals surface area contributed by atoms with E-state index in [1.165, 1.54) is 0 Å². The topological polar surface area (TPSA) is 73.5 Å². The Morgan fingerprint density at radius 1 is 1.21 bits per heavy atom. The van der Waals surface area contributed by atoms with Crippen molar-refractivity contribution in [3.8, 4) is 0 Å². The Bertz CT molecular complexity index is 672. The summed E-state index contributed by atoms with van der Waals surface area (Å²) in [6.07, 6.45) is 3.04. The van der Waals surface area contributed by atoms with E-state index in [0.717, 1.165) is 32.4 Å². The minimum atomic E-state index is -0.281. The summed E-state index contributed by atoms with van der Waals surface area (Å²) in [5.41, 5.74) is 0.929. The van der Waals surface area contributed by atoms with Crippen LogP contribution >= 0.6 is 11.6 Å². The molecule has 3 N–H and O–H groups in total. The molecule has 0 spiro atoms. The average molecular weight is 409 g/mol. The summed E-state index contributed by atoms with van der Waals surface area (Å²) in [4.78, 5) is 27.0.